The Balaban J connectivity index is 1.23. The van der Waals surface area contributed by atoms with Crippen LogP contribution >= 0.6 is 12.2 Å². The Morgan fingerprint density at radius 3 is 2.08 bits per heavy atom. The van der Waals surface area contributed by atoms with Gasteiger partial charge in [0.1, 0.15) is 24.7 Å². The van der Waals surface area contributed by atoms with Crippen molar-refractivity contribution in [3.8, 4) is 11.5 Å². The summed E-state index contributed by atoms with van der Waals surface area (Å²) < 4.78 is 38.8. The van der Waals surface area contributed by atoms with E-state index in [1.54, 1.807) is 55.6 Å². The average Bonchev–Trinajstić information content (AvgIpc) is 2.96. The Hall–Kier alpha value is -3.47. The molecule has 4 rings (SSSR count). The SMILES string of the molecule is CN(C1CCCCC1)S(=O)(=O)c1ccc(NC(=S)NC(=O)c2ccc(OCCOc3ccccc3)cc2)cc1. The highest BCUT2D eigenvalue weighted by Gasteiger charge is 2.28. The molecule has 0 aromatic heterocycles. The van der Waals surface area contributed by atoms with Crippen molar-refractivity contribution in [2.45, 2.75) is 43.0 Å². The highest BCUT2D eigenvalue weighted by atomic mass is 32.2. The molecule has 2 N–H and O–H groups in total. The smallest absolute Gasteiger partial charge is 0.257 e. The van der Waals surface area contributed by atoms with Gasteiger partial charge in [0, 0.05) is 24.3 Å². The van der Waals surface area contributed by atoms with E-state index in [4.69, 9.17) is 21.7 Å². The van der Waals surface area contributed by atoms with Crippen LogP contribution in [0.25, 0.3) is 0 Å². The van der Waals surface area contributed by atoms with Crippen LogP contribution in [0.2, 0.25) is 0 Å². The van der Waals surface area contributed by atoms with Gasteiger partial charge in [0.25, 0.3) is 5.91 Å². The third-order valence-electron chi connectivity index (χ3n) is 6.59. The van der Waals surface area contributed by atoms with Gasteiger partial charge in [-0.25, -0.2) is 8.42 Å². The van der Waals surface area contributed by atoms with Gasteiger partial charge in [-0.05, 0) is 85.7 Å². The zero-order valence-electron chi connectivity index (χ0n) is 21.8. The van der Waals surface area contributed by atoms with E-state index in [0.717, 1.165) is 37.9 Å². The fraction of sp³-hybridized carbons (Fsp3) is 0.310. The number of nitrogens with one attached hydrogen (secondary N) is 2. The molecule has 1 amide bonds. The molecule has 0 aliphatic heterocycles. The largest absolute Gasteiger partial charge is 0.490 e. The van der Waals surface area contributed by atoms with Crippen LogP contribution in [0.15, 0.2) is 83.8 Å². The third-order valence-corrected chi connectivity index (χ3v) is 8.71. The summed E-state index contributed by atoms with van der Waals surface area (Å²) in [6, 6.07) is 22.6. The van der Waals surface area contributed by atoms with Crippen LogP contribution in [0, 0.1) is 0 Å². The first-order chi connectivity index (χ1) is 18.8. The zero-order valence-corrected chi connectivity index (χ0v) is 23.5. The Bertz CT molecular complexity index is 1340. The highest BCUT2D eigenvalue weighted by Crippen LogP contribution is 2.27. The topological polar surface area (TPSA) is 97.0 Å². The van der Waals surface area contributed by atoms with Crippen molar-refractivity contribution in [1.29, 1.82) is 0 Å². The van der Waals surface area contributed by atoms with E-state index in [9.17, 15) is 13.2 Å². The van der Waals surface area contributed by atoms with Gasteiger partial charge in [0.15, 0.2) is 5.11 Å². The average molecular weight is 568 g/mol. The molecule has 1 fully saturated rings. The minimum Gasteiger partial charge on any atom is -0.490 e. The fourth-order valence-corrected chi connectivity index (χ4v) is 6.02. The lowest BCUT2D eigenvalue weighted by molar-refractivity contribution is 0.0977. The van der Waals surface area contributed by atoms with E-state index in [1.807, 2.05) is 30.3 Å². The number of hydrogen-bond acceptors (Lipinski definition) is 6. The number of anilines is 1. The van der Waals surface area contributed by atoms with Crippen molar-refractivity contribution in [3.05, 3.63) is 84.4 Å². The second-order valence-corrected chi connectivity index (χ2v) is 11.7. The lowest BCUT2D eigenvalue weighted by Crippen LogP contribution is -2.38. The molecular formula is C29H33N3O5S2. The summed E-state index contributed by atoms with van der Waals surface area (Å²) >= 11 is 5.27. The van der Waals surface area contributed by atoms with Crippen molar-refractivity contribution < 1.29 is 22.7 Å². The number of para-hydroxylation sites is 1. The van der Waals surface area contributed by atoms with Gasteiger partial charge in [-0.2, -0.15) is 4.31 Å². The molecule has 206 valence electrons. The zero-order chi connectivity index (χ0) is 27.7. The van der Waals surface area contributed by atoms with Gasteiger partial charge >= 0.3 is 0 Å². The van der Waals surface area contributed by atoms with Crippen molar-refractivity contribution in [2.24, 2.45) is 0 Å². The first-order valence-corrected chi connectivity index (χ1v) is 14.8. The normalized spacial score (nSPS) is 14.0. The number of carbonyl (C=O) groups is 1. The Kier molecular flexibility index (Phi) is 9.91. The molecule has 0 unspecified atom stereocenters. The number of hydrogen-bond donors (Lipinski definition) is 2. The second-order valence-electron chi connectivity index (χ2n) is 9.28. The number of benzene rings is 3. The molecule has 0 spiro atoms. The molecule has 0 radical (unpaired) electrons. The predicted octanol–water partition coefficient (Wildman–Crippen LogP) is 5.22. The molecule has 0 saturated heterocycles. The standard InChI is InChI=1S/C29H33N3O5S2/c1-32(24-8-4-2-5-9-24)39(34,35)27-18-14-23(15-19-27)30-29(38)31-28(33)22-12-16-26(17-13-22)37-21-20-36-25-10-6-3-7-11-25/h3,6-7,10-19,24H,2,4-5,8-9,20-21H2,1H3,(H2,30,31,33,38). The summed E-state index contributed by atoms with van der Waals surface area (Å²) in [6.45, 7) is 0.766. The van der Waals surface area contributed by atoms with Gasteiger partial charge in [0.05, 0.1) is 4.90 Å². The maximum Gasteiger partial charge on any atom is 0.257 e. The minimum atomic E-state index is -3.58. The number of rotatable bonds is 10. The summed E-state index contributed by atoms with van der Waals surface area (Å²) in [5, 5.41) is 5.67. The molecule has 0 atom stereocenters. The molecule has 0 bridgehead atoms. The molecule has 1 aliphatic rings. The van der Waals surface area contributed by atoms with Gasteiger partial charge in [-0.15, -0.1) is 0 Å². The molecule has 8 nitrogen and oxygen atoms in total. The third kappa shape index (κ3) is 8.01. The molecule has 3 aromatic rings. The minimum absolute atomic E-state index is 0.0404. The molecule has 39 heavy (non-hydrogen) atoms. The molecule has 0 heterocycles. The van der Waals surface area contributed by atoms with E-state index in [-0.39, 0.29) is 22.0 Å². The van der Waals surface area contributed by atoms with E-state index < -0.39 is 10.0 Å². The van der Waals surface area contributed by atoms with Crippen LogP contribution in [0.3, 0.4) is 0 Å². The van der Waals surface area contributed by atoms with Crippen molar-refractivity contribution in [1.82, 2.24) is 9.62 Å². The Morgan fingerprint density at radius 1 is 0.872 bits per heavy atom. The number of ether oxygens (including phenoxy) is 2. The predicted molar refractivity (Wildman–Crippen MR) is 156 cm³/mol. The highest BCUT2D eigenvalue weighted by molar-refractivity contribution is 7.89. The van der Waals surface area contributed by atoms with Crippen LogP contribution in [-0.2, 0) is 10.0 Å². The molecule has 3 aromatic carbocycles. The van der Waals surface area contributed by atoms with E-state index in [2.05, 4.69) is 10.6 Å². The first kappa shape index (κ1) is 28.5. The number of sulfonamides is 1. The van der Waals surface area contributed by atoms with Crippen LogP contribution in [0.1, 0.15) is 42.5 Å². The fourth-order valence-electron chi connectivity index (χ4n) is 4.39. The van der Waals surface area contributed by atoms with Gasteiger partial charge in [-0.3, -0.25) is 10.1 Å². The molecule has 1 aliphatic carbocycles. The molecule has 1 saturated carbocycles. The number of amides is 1. The van der Waals surface area contributed by atoms with Crippen LogP contribution in [0.4, 0.5) is 5.69 Å². The summed E-state index contributed by atoms with van der Waals surface area (Å²) in [4.78, 5) is 12.8. The summed E-state index contributed by atoms with van der Waals surface area (Å²) in [5.41, 5.74) is 0.986. The second kappa shape index (κ2) is 13.5. The van der Waals surface area contributed by atoms with E-state index in [0.29, 0.717) is 30.2 Å². The van der Waals surface area contributed by atoms with Crippen LogP contribution in [-0.4, -0.2) is 50.0 Å². The number of thiocarbonyl (C=S) groups is 1. The lowest BCUT2D eigenvalue weighted by Gasteiger charge is -2.30. The summed E-state index contributed by atoms with van der Waals surface area (Å²) in [6.07, 6.45) is 5.05. The van der Waals surface area contributed by atoms with E-state index in [1.165, 1.54) is 4.31 Å². The van der Waals surface area contributed by atoms with Crippen LogP contribution in [0.5, 0.6) is 11.5 Å². The number of nitrogens with zero attached hydrogens (tertiary/aromatic N) is 1. The Labute approximate surface area is 235 Å². The van der Waals surface area contributed by atoms with Gasteiger partial charge in [-0.1, -0.05) is 37.5 Å². The number of carbonyl (C=O) groups excluding carboxylic acids is 1. The van der Waals surface area contributed by atoms with E-state index >= 15 is 0 Å². The monoisotopic (exact) mass is 567 g/mol. The first-order valence-electron chi connectivity index (χ1n) is 12.9. The van der Waals surface area contributed by atoms with Crippen molar-refractivity contribution in [2.75, 3.05) is 25.6 Å². The molecular weight excluding hydrogens is 534 g/mol. The van der Waals surface area contributed by atoms with Gasteiger partial charge in [0.2, 0.25) is 10.0 Å². The maximum atomic E-state index is 13.0. The van der Waals surface area contributed by atoms with Crippen LogP contribution < -0.4 is 20.1 Å². The lowest BCUT2D eigenvalue weighted by atomic mass is 9.96. The van der Waals surface area contributed by atoms with Crippen molar-refractivity contribution >= 4 is 38.9 Å². The molecule has 10 heteroatoms. The van der Waals surface area contributed by atoms with Crippen molar-refractivity contribution in [3.63, 3.8) is 0 Å². The summed E-state index contributed by atoms with van der Waals surface area (Å²) in [7, 11) is -1.92. The maximum absolute atomic E-state index is 13.0. The quantitative estimate of drug-likeness (QED) is 0.256. The van der Waals surface area contributed by atoms with Gasteiger partial charge < -0.3 is 14.8 Å². The Morgan fingerprint density at radius 2 is 1.46 bits per heavy atom. The summed E-state index contributed by atoms with van der Waals surface area (Å²) in [5.74, 6) is 1.02.